The zero-order valence-electron chi connectivity index (χ0n) is 10.9. The van der Waals surface area contributed by atoms with E-state index in [2.05, 4.69) is 72.4 Å². The Morgan fingerprint density at radius 3 is 2.17 bits per heavy atom. The quantitative estimate of drug-likeness (QED) is 0.744. The summed E-state index contributed by atoms with van der Waals surface area (Å²) in [4.78, 5) is 2.18. The summed E-state index contributed by atoms with van der Waals surface area (Å²) < 4.78 is 2.18. The van der Waals surface area contributed by atoms with Gasteiger partial charge >= 0.3 is 0 Å². The molecule has 18 heavy (non-hydrogen) atoms. The molecule has 2 nitrogen and oxygen atoms in total. The van der Waals surface area contributed by atoms with Gasteiger partial charge in [-0.2, -0.15) is 4.57 Å². The summed E-state index contributed by atoms with van der Waals surface area (Å²) in [5.74, 6) is 0. The molecule has 2 rings (SSSR count). The van der Waals surface area contributed by atoms with Crippen molar-refractivity contribution < 1.29 is 4.57 Å². The Balaban J connectivity index is 2.20. The van der Waals surface area contributed by atoms with E-state index in [1.54, 1.807) is 0 Å². The van der Waals surface area contributed by atoms with E-state index in [-0.39, 0.29) is 6.17 Å². The van der Waals surface area contributed by atoms with Crippen molar-refractivity contribution >= 4 is 6.08 Å². The number of nitrogens with zero attached hydrogens (tertiary/aromatic N) is 2. The van der Waals surface area contributed by atoms with Crippen LogP contribution in [0, 0.1) is 0 Å². The largest absolute Gasteiger partial charge is 0.248 e. The molecule has 92 valence electrons. The molecular weight excluding hydrogens is 220 g/mol. The highest BCUT2D eigenvalue weighted by Crippen LogP contribution is 2.07. The van der Waals surface area contributed by atoms with Crippen LogP contribution < -0.4 is 4.57 Å². The standard InChI is InChI=1S/C16H19N2/c1-17(2)16(18-13-7-4-8-14-18)12-11-15-9-5-3-6-10-15/h3-14,16H,1-2H3/q+1. The molecule has 0 N–H and O–H groups in total. The van der Waals surface area contributed by atoms with E-state index in [1.165, 1.54) is 5.56 Å². The van der Waals surface area contributed by atoms with Gasteiger partial charge in [-0.3, -0.25) is 0 Å². The molecule has 2 aromatic rings. The van der Waals surface area contributed by atoms with Crippen LogP contribution in [-0.4, -0.2) is 19.0 Å². The molecule has 1 atom stereocenters. The average Bonchev–Trinajstić information content (AvgIpc) is 2.41. The molecule has 1 aromatic carbocycles. The second-order valence-corrected chi connectivity index (χ2v) is 4.47. The van der Waals surface area contributed by atoms with Crippen LogP contribution in [0.3, 0.4) is 0 Å². The highest BCUT2D eigenvalue weighted by atomic mass is 15.2. The topological polar surface area (TPSA) is 7.12 Å². The summed E-state index contributed by atoms with van der Waals surface area (Å²) in [6.07, 6.45) is 8.76. The summed E-state index contributed by atoms with van der Waals surface area (Å²) in [5, 5.41) is 0. The lowest BCUT2D eigenvalue weighted by Crippen LogP contribution is -2.45. The highest BCUT2D eigenvalue weighted by molar-refractivity contribution is 5.48. The van der Waals surface area contributed by atoms with Gasteiger partial charge in [0.1, 0.15) is 0 Å². The molecule has 0 spiro atoms. The van der Waals surface area contributed by atoms with E-state index in [0.29, 0.717) is 0 Å². The Bertz CT molecular complexity index is 489. The maximum Gasteiger partial charge on any atom is 0.233 e. The van der Waals surface area contributed by atoms with Crippen molar-refractivity contribution in [3.63, 3.8) is 0 Å². The first-order valence-electron chi connectivity index (χ1n) is 6.13. The van der Waals surface area contributed by atoms with Crippen molar-refractivity contribution in [1.82, 2.24) is 4.90 Å². The van der Waals surface area contributed by atoms with Crippen molar-refractivity contribution in [2.75, 3.05) is 14.1 Å². The number of hydrogen-bond acceptors (Lipinski definition) is 1. The normalized spacial score (nSPS) is 13.1. The second kappa shape index (κ2) is 6.12. The van der Waals surface area contributed by atoms with E-state index >= 15 is 0 Å². The van der Waals surface area contributed by atoms with Gasteiger partial charge in [-0.15, -0.1) is 0 Å². The summed E-state index contributed by atoms with van der Waals surface area (Å²) in [6.45, 7) is 0. The summed E-state index contributed by atoms with van der Waals surface area (Å²) >= 11 is 0. The van der Waals surface area contributed by atoms with Crippen LogP contribution >= 0.6 is 0 Å². The first-order chi connectivity index (χ1) is 8.77. The Kier molecular flexibility index (Phi) is 4.26. The van der Waals surface area contributed by atoms with Crippen LogP contribution in [0.2, 0.25) is 0 Å². The molecule has 0 aliphatic heterocycles. The monoisotopic (exact) mass is 239 g/mol. The van der Waals surface area contributed by atoms with E-state index in [9.17, 15) is 0 Å². The SMILES string of the molecule is CN(C)C(C=Cc1ccccc1)[n+]1ccccc1. The molecule has 0 bridgehead atoms. The van der Waals surface area contributed by atoms with Crippen LogP contribution in [0.25, 0.3) is 6.08 Å². The van der Waals surface area contributed by atoms with Crippen LogP contribution in [0.15, 0.2) is 67.0 Å². The smallest absolute Gasteiger partial charge is 0.233 e. The maximum absolute atomic E-state index is 2.20. The fraction of sp³-hybridized carbons (Fsp3) is 0.188. The Labute approximate surface area is 109 Å². The maximum atomic E-state index is 2.20. The number of rotatable bonds is 4. The molecular formula is C16H19N2+. The van der Waals surface area contributed by atoms with Crippen molar-refractivity contribution in [2.24, 2.45) is 0 Å². The Morgan fingerprint density at radius 2 is 1.56 bits per heavy atom. The minimum Gasteiger partial charge on any atom is -0.248 e. The third-order valence-electron chi connectivity index (χ3n) is 2.83. The van der Waals surface area contributed by atoms with Gasteiger partial charge in [0, 0.05) is 18.2 Å². The van der Waals surface area contributed by atoms with E-state index in [1.807, 2.05) is 24.3 Å². The molecule has 2 heteroatoms. The van der Waals surface area contributed by atoms with Gasteiger partial charge in [-0.1, -0.05) is 42.5 Å². The average molecular weight is 239 g/mol. The van der Waals surface area contributed by atoms with Crippen molar-refractivity contribution in [3.8, 4) is 0 Å². The third-order valence-corrected chi connectivity index (χ3v) is 2.83. The molecule has 0 amide bonds. The molecule has 0 radical (unpaired) electrons. The zero-order chi connectivity index (χ0) is 12.8. The number of aromatic nitrogens is 1. The molecule has 1 unspecified atom stereocenters. The molecule has 1 heterocycles. The number of pyridine rings is 1. The minimum atomic E-state index is 0.228. The van der Waals surface area contributed by atoms with Gasteiger partial charge in [0.05, 0.1) is 0 Å². The summed E-state index contributed by atoms with van der Waals surface area (Å²) in [6, 6.07) is 16.5. The van der Waals surface area contributed by atoms with Gasteiger partial charge in [0.2, 0.25) is 6.17 Å². The first kappa shape index (κ1) is 12.5. The fourth-order valence-corrected chi connectivity index (χ4v) is 1.89. The van der Waals surface area contributed by atoms with Crippen LogP contribution in [-0.2, 0) is 0 Å². The van der Waals surface area contributed by atoms with E-state index < -0.39 is 0 Å². The van der Waals surface area contributed by atoms with Crippen molar-refractivity contribution in [3.05, 3.63) is 72.6 Å². The summed E-state index contributed by atoms with van der Waals surface area (Å²) in [7, 11) is 4.17. The second-order valence-electron chi connectivity index (χ2n) is 4.47. The third kappa shape index (κ3) is 3.28. The molecule has 0 saturated heterocycles. The molecule has 0 aliphatic carbocycles. The highest BCUT2D eigenvalue weighted by Gasteiger charge is 2.15. The number of hydrogen-bond donors (Lipinski definition) is 0. The lowest BCUT2D eigenvalue weighted by molar-refractivity contribution is -0.730. The molecule has 1 aromatic heterocycles. The van der Waals surface area contributed by atoms with Crippen molar-refractivity contribution in [1.29, 1.82) is 0 Å². The van der Waals surface area contributed by atoms with Gasteiger partial charge in [0.15, 0.2) is 12.4 Å². The summed E-state index contributed by atoms with van der Waals surface area (Å²) in [5.41, 5.74) is 1.22. The van der Waals surface area contributed by atoms with Gasteiger partial charge < -0.3 is 0 Å². The zero-order valence-corrected chi connectivity index (χ0v) is 10.9. The van der Waals surface area contributed by atoms with Gasteiger partial charge in [0.25, 0.3) is 0 Å². The van der Waals surface area contributed by atoms with Crippen LogP contribution in [0.4, 0.5) is 0 Å². The molecule has 0 fully saturated rings. The molecule has 0 aliphatic rings. The minimum absolute atomic E-state index is 0.228. The van der Waals surface area contributed by atoms with E-state index in [4.69, 9.17) is 0 Å². The lowest BCUT2D eigenvalue weighted by Gasteiger charge is -2.15. The Hall–Kier alpha value is -1.93. The van der Waals surface area contributed by atoms with Crippen LogP contribution in [0.5, 0.6) is 0 Å². The number of benzene rings is 1. The predicted octanol–water partition coefficient (Wildman–Crippen LogP) is 2.75. The fourth-order valence-electron chi connectivity index (χ4n) is 1.89. The van der Waals surface area contributed by atoms with E-state index in [0.717, 1.165) is 0 Å². The number of likely N-dealkylation sites (N-methyl/N-ethyl adjacent to an activating group) is 1. The lowest BCUT2D eigenvalue weighted by atomic mass is 10.2. The van der Waals surface area contributed by atoms with Gasteiger partial charge in [-0.05, 0) is 19.7 Å². The van der Waals surface area contributed by atoms with Gasteiger partial charge in [-0.25, -0.2) is 4.90 Å². The predicted molar refractivity (Wildman–Crippen MR) is 74.8 cm³/mol. The van der Waals surface area contributed by atoms with Crippen molar-refractivity contribution in [2.45, 2.75) is 6.17 Å². The first-order valence-corrected chi connectivity index (χ1v) is 6.13. The van der Waals surface area contributed by atoms with Crippen LogP contribution in [0.1, 0.15) is 11.7 Å². The Morgan fingerprint density at radius 1 is 0.944 bits per heavy atom. The molecule has 0 saturated carbocycles.